The van der Waals surface area contributed by atoms with Crippen LogP contribution in [0.2, 0.25) is 0 Å². The number of hydrogen-bond donors (Lipinski definition) is 1. The molecule has 0 aromatic carbocycles. The zero-order valence-corrected chi connectivity index (χ0v) is 12.4. The van der Waals surface area contributed by atoms with Crippen LogP contribution in [0.15, 0.2) is 35.2 Å². The van der Waals surface area contributed by atoms with Crippen molar-refractivity contribution in [3.05, 3.63) is 42.2 Å². The number of nitrogens with one attached hydrogen (secondary N) is 1. The van der Waals surface area contributed by atoms with Crippen molar-refractivity contribution >= 4 is 11.7 Å². The van der Waals surface area contributed by atoms with Gasteiger partial charge in [-0.3, -0.25) is 4.79 Å². The predicted molar refractivity (Wildman–Crippen MR) is 80.1 cm³/mol. The number of nitrogens with zero attached hydrogens (tertiary/aromatic N) is 3. The molecule has 1 N–H and O–H groups in total. The van der Waals surface area contributed by atoms with E-state index in [1.54, 1.807) is 18.4 Å². The third kappa shape index (κ3) is 4.30. The fourth-order valence-corrected chi connectivity index (χ4v) is 1.86. The average Bonchev–Trinajstić information content (AvgIpc) is 3.03. The summed E-state index contributed by atoms with van der Waals surface area (Å²) in [4.78, 5) is 22.3. The molecule has 0 unspecified atom stereocenters. The molecule has 1 amide bonds. The third-order valence-corrected chi connectivity index (χ3v) is 3.13. The zero-order valence-electron chi connectivity index (χ0n) is 12.4. The third-order valence-electron chi connectivity index (χ3n) is 3.13. The van der Waals surface area contributed by atoms with Gasteiger partial charge in [-0.2, -0.15) is 0 Å². The molecule has 0 atom stereocenters. The van der Waals surface area contributed by atoms with Gasteiger partial charge in [0, 0.05) is 19.7 Å². The summed E-state index contributed by atoms with van der Waals surface area (Å²) in [6.07, 6.45) is 5.19. The van der Waals surface area contributed by atoms with Crippen molar-refractivity contribution in [3.8, 4) is 0 Å². The lowest BCUT2D eigenvalue weighted by Crippen LogP contribution is -2.25. The molecule has 6 heteroatoms. The van der Waals surface area contributed by atoms with Crippen LogP contribution in [0, 0.1) is 0 Å². The molecule has 2 aromatic rings. The van der Waals surface area contributed by atoms with Crippen molar-refractivity contribution in [1.82, 2.24) is 15.3 Å². The van der Waals surface area contributed by atoms with Gasteiger partial charge in [-0.05, 0) is 18.6 Å². The number of carbonyl (C=O) groups is 1. The second kappa shape index (κ2) is 7.42. The fourth-order valence-electron chi connectivity index (χ4n) is 1.86. The summed E-state index contributed by atoms with van der Waals surface area (Å²) in [7, 11) is 1.96. The minimum absolute atomic E-state index is 0.237. The summed E-state index contributed by atoms with van der Waals surface area (Å²) in [6, 6.07) is 5.30. The predicted octanol–water partition coefficient (Wildman–Crippen LogP) is 2.24. The molecule has 6 nitrogen and oxygen atoms in total. The molecule has 0 saturated carbocycles. The Kier molecular flexibility index (Phi) is 5.31. The molecule has 112 valence electrons. The number of amides is 1. The van der Waals surface area contributed by atoms with E-state index in [0.29, 0.717) is 18.0 Å². The van der Waals surface area contributed by atoms with Crippen molar-refractivity contribution < 1.29 is 9.21 Å². The van der Waals surface area contributed by atoms with E-state index < -0.39 is 0 Å². The first kappa shape index (κ1) is 15.0. The molecule has 0 aliphatic heterocycles. The average molecular weight is 288 g/mol. The van der Waals surface area contributed by atoms with Gasteiger partial charge in [0.15, 0.2) is 0 Å². The molecule has 0 spiro atoms. The molecule has 0 aliphatic rings. The summed E-state index contributed by atoms with van der Waals surface area (Å²) in [5.41, 5.74) is 0.356. The van der Waals surface area contributed by atoms with Crippen LogP contribution in [0.4, 0.5) is 5.82 Å². The number of carbonyl (C=O) groups excluding carboxylic acids is 1. The normalized spacial score (nSPS) is 10.4. The molecule has 2 aromatic heterocycles. The highest BCUT2D eigenvalue weighted by molar-refractivity contribution is 5.92. The Balaban J connectivity index is 1.97. The van der Waals surface area contributed by atoms with Crippen molar-refractivity contribution in [2.24, 2.45) is 0 Å². The lowest BCUT2D eigenvalue weighted by molar-refractivity contribution is 0.0943. The molecule has 21 heavy (non-hydrogen) atoms. The van der Waals surface area contributed by atoms with Crippen LogP contribution < -0.4 is 10.2 Å². The fraction of sp³-hybridized carbons (Fsp3) is 0.400. The standard InChI is InChI=1S/C15H20N4O2/c1-3-4-7-19(2)14-9-13(17-11-18-14)15(20)16-10-12-6-5-8-21-12/h5-6,8-9,11H,3-4,7,10H2,1-2H3,(H,16,20). The van der Waals surface area contributed by atoms with Gasteiger partial charge in [-0.15, -0.1) is 0 Å². The summed E-state index contributed by atoms with van der Waals surface area (Å²) < 4.78 is 5.17. The van der Waals surface area contributed by atoms with E-state index in [2.05, 4.69) is 22.2 Å². The Morgan fingerprint density at radius 1 is 1.43 bits per heavy atom. The van der Waals surface area contributed by atoms with E-state index in [1.807, 2.05) is 18.0 Å². The van der Waals surface area contributed by atoms with E-state index >= 15 is 0 Å². The quantitative estimate of drug-likeness (QED) is 0.846. The highest BCUT2D eigenvalue weighted by Gasteiger charge is 2.11. The summed E-state index contributed by atoms with van der Waals surface area (Å²) in [5, 5.41) is 2.77. The minimum atomic E-state index is -0.237. The minimum Gasteiger partial charge on any atom is -0.467 e. The topological polar surface area (TPSA) is 71.3 Å². The Bertz CT molecular complexity index is 569. The number of furan rings is 1. The molecule has 0 fully saturated rings. The van der Waals surface area contributed by atoms with Crippen LogP contribution >= 0.6 is 0 Å². The molecule has 0 saturated heterocycles. The zero-order chi connectivity index (χ0) is 15.1. The van der Waals surface area contributed by atoms with Crippen LogP contribution in [-0.4, -0.2) is 29.5 Å². The highest BCUT2D eigenvalue weighted by atomic mass is 16.3. The first-order chi connectivity index (χ1) is 10.2. The smallest absolute Gasteiger partial charge is 0.270 e. The van der Waals surface area contributed by atoms with Gasteiger partial charge >= 0.3 is 0 Å². The monoisotopic (exact) mass is 288 g/mol. The van der Waals surface area contributed by atoms with Crippen LogP contribution in [0.3, 0.4) is 0 Å². The lowest BCUT2D eigenvalue weighted by atomic mass is 10.3. The highest BCUT2D eigenvalue weighted by Crippen LogP contribution is 2.10. The summed E-state index contributed by atoms with van der Waals surface area (Å²) in [6.45, 7) is 3.39. The van der Waals surface area contributed by atoms with Gasteiger partial charge in [-0.25, -0.2) is 9.97 Å². The van der Waals surface area contributed by atoms with Gasteiger partial charge in [0.05, 0.1) is 12.8 Å². The molecular weight excluding hydrogens is 268 g/mol. The van der Waals surface area contributed by atoms with Crippen LogP contribution in [0.25, 0.3) is 0 Å². The van der Waals surface area contributed by atoms with Crippen LogP contribution in [0.1, 0.15) is 36.0 Å². The summed E-state index contributed by atoms with van der Waals surface area (Å²) >= 11 is 0. The van der Waals surface area contributed by atoms with Crippen molar-refractivity contribution in [2.75, 3.05) is 18.5 Å². The van der Waals surface area contributed by atoms with E-state index in [9.17, 15) is 4.79 Å². The number of unbranched alkanes of at least 4 members (excludes halogenated alkanes) is 1. The second-order valence-corrected chi connectivity index (χ2v) is 4.80. The van der Waals surface area contributed by atoms with E-state index in [-0.39, 0.29) is 5.91 Å². The molecule has 0 bridgehead atoms. The van der Waals surface area contributed by atoms with Gasteiger partial charge in [0.2, 0.25) is 0 Å². The van der Waals surface area contributed by atoms with Gasteiger partial charge in [-0.1, -0.05) is 13.3 Å². The van der Waals surface area contributed by atoms with Crippen molar-refractivity contribution in [1.29, 1.82) is 0 Å². The van der Waals surface area contributed by atoms with Crippen LogP contribution in [0.5, 0.6) is 0 Å². The first-order valence-corrected chi connectivity index (χ1v) is 7.04. The molecule has 2 heterocycles. The van der Waals surface area contributed by atoms with E-state index in [1.165, 1.54) is 6.33 Å². The maximum absolute atomic E-state index is 12.1. The Morgan fingerprint density at radius 2 is 2.29 bits per heavy atom. The summed E-state index contributed by atoms with van der Waals surface area (Å²) in [5.74, 6) is 1.22. The number of hydrogen-bond acceptors (Lipinski definition) is 5. The Hall–Kier alpha value is -2.37. The molecular formula is C15H20N4O2. The van der Waals surface area contributed by atoms with Gasteiger partial charge < -0.3 is 14.6 Å². The molecule has 2 rings (SSSR count). The largest absolute Gasteiger partial charge is 0.467 e. The number of aromatic nitrogens is 2. The number of rotatable bonds is 7. The van der Waals surface area contributed by atoms with E-state index in [0.717, 1.165) is 25.2 Å². The van der Waals surface area contributed by atoms with E-state index in [4.69, 9.17) is 4.42 Å². The maximum Gasteiger partial charge on any atom is 0.270 e. The molecule has 0 aliphatic carbocycles. The molecule has 0 radical (unpaired) electrons. The maximum atomic E-state index is 12.1. The van der Waals surface area contributed by atoms with Gasteiger partial charge in [0.1, 0.15) is 23.6 Å². The number of anilines is 1. The SMILES string of the molecule is CCCCN(C)c1cc(C(=O)NCc2ccco2)ncn1. The van der Waals surface area contributed by atoms with Crippen molar-refractivity contribution in [2.45, 2.75) is 26.3 Å². The van der Waals surface area contributed by atoms with Crippen molar-refractivity contribution in [3.63, 3.8) is 0 Å². The Morgan fingerprint density at radius 3 is 3.00 bits per heavy atom. The lowest BCUT2D eigenvalue weighted by Gasteiger charge is -2.17. The first-order valence-electron chi connectivity index (χ1n) is 7.04. The van der Waals surface area contributed by atoms with Gasteiger partial charge in [0.25, 0.3) is 5.91 Å². The Labute approximate surface area is 124 Å². The second-order valence-electron chi connectivity index (χ2n) is 4.80. The van der Waals surface area contributed by atoms with Crippen LogP contribution in [-0.2, 0) is 6.54 Å².